The zero-order chi connectivity index (χ0) is 19.3. The highest BCUT2D eigenvalue weighted by atomic mass is 32.2. The Morgan fingerprint density at radius 2 is 1.96 bits per heavy atom. The molecule has 1 amide bonds. The van der Waals surface area contributed by atoms with Crippen LogP contribution in [0.4, 0.5) is 5.69 Å². The number of thiophene rings is 1. The maximum absolute atomic E-state index is 12.7. The fourth-order valence-electron chi connectivity index (χ4n) is 3.03. The third kappa shape index (κ3) is 5.52. The van der Waals surface area contributed by atoms with E-state index in [4.69, 9.17) is 4.74 Å². The maximum Gasteiger partial charge on any atom is 0.253 e. The monoisotopic (exact) mass is 409 g/mol. The summed E-state index contributed by atoms with van der Waals surface area (Å²) in [4.78, 5) is 16.2. The number of morpholine rings is 1. The second kappa shape index (κ2) is 8.83. The molecule has 0 bridgehead atoms. The van der Waals surface area contributed by atoms with Gasteiger partial charge in [-0.15, -0.1) is 11.3 Å². The van der Waals surface area contributed by atoms with Crippen molar-refractivity contribution in [3.8, 4) is 0 Å². The molecule has 2 heterocycles. The van der Waals surface area contributed by atoms with Crippen LogP contribution in [0.1, 0.15) is 21.3 Å². The lowest BCUT2D eigenvalue weighted by molar-refractivity contribution is 0.0169. The van der Waals surface area contributed by atoms with Crippen LogP contribution in [0.3, 0.4) is 0 Å². The summed E-state index contributed by atoms with van der Waals surface area (Å²) in [5, 5.41) is 4.98. The highest BCUT2D eigenvalue weighted by molar-refractivity contribution is 7.92. The van der Waals surface area contributed by atoms with Crippen molar-refractivity contribution in [2.75, 3.05) is 43.8 Å². The third-order valence-corrected chi connectivity index (χ3v) is 5.85. The first-order valence-electron chi connectivity index (χ1n) is 8.64. The Kier molecular flexibility index (Phi) is 6.48. The van der Waals surface area contributed by atoms with Crippen LogP contribution in [0.25, 0.3) is 0 Å². The summed E-state index contributed by atoms with van der Waals surface area (Å²) in [6, 6.07) is 10.7. The van der Waals surface area contributed by atoms with Crippen molar-refractivity contribution in [1.82, 2.24) is 10.2 Å². The Hall–Kier alpha value is -1.94. The topological polar surface area (TPSA) is 87.7 Å². The Balaban J connectivity index is 1.73. The maximum atomic E-state index is 12.7. The van der Waals surface area contributed by atoms with Crippen molar-refractivity contribution in [2.24, 2.45) is 0 Å². The van der Waals surface area contributed by atoms with E-state index in [9.17, 15) is 13.2 Å². The van der Waals surface area contributed by atoms with E-state index < -0.39 is 10.0 Å². The van der Waals surface area contributed by atoms with Crippen molar-refractivity contribution in [3.05, 3.63) is 52.2 Å². The molecule has 1 atom stereocenters. The second-order valence-corrected chi connectivity index (χ2v) is 9.04. The molecule has 0 spiro atoms. The van der Waals surface area contributed by atoms with E-state index in [2.05, 4.69) is 21.0 Å². The van der Waals surface area contributed by atoms with Gasteiger partial charge in [0.05, 0.1) is 36.8 Å². The number of rotatable bonds is 7. The van der Waals surface area contributed by atoms with Gasteiger partial charge >= 0.3 is 0 Å². The summed E-state index contributed by atoms with van der Waals surface area (Å²) in [5.74, 6) is -0.309. The average Bonchev–Trinajstić information content (AvgIpc) is 3.16. The number of ether oxygens (including phenoxy) is 1. The fraction of sp³-hybridized carbons (Fsp3) is 0.389. The Morgan fingerprint density at radius 1 is 1.22 bits per heavy atom. The summed E-state index contributed by atoms with van der Waals surface area (Å²) in [7, 11) is -3.47. The van der Waals surface area contributed by atoms with Crippen LogP contribution < -0.4 is 10.0 Å². The molecule has 0 radical (unpaired) electrons. The standard InChI is InChI=1S/C18H23N3O4S2/c1-27(23,24)20-15-6-3-2-5-14(15)18(22)19-13-16(17-7-4-12-26-17)21-8-10-25-11-9-21/h2-7,12,16,20H,8-11,13H2,1H3,(H,19,22)/t16-/m1/s1. The number of nitrogens with zero attached hydrogens (tertiary/aromatic N) is 1. The van der Waals surface area contributed by atoms with Crippen LogP contribution in [0.2, 0.25) is 0 Å². The summed E-state index contributed by atoms with van der Waals surface area (Å²) in [5.41, 5.74) is 0.575. The molecule has 2 N–H and O–H groups in total. The lowest BCUT2D eigenvalue weighted by Gasteiger charge is -2.34. The van der Waals surface area contributed by atoms with Gasteiger partial charge in [0.15, 0.2) is 0 Å². The highest BCUT2D eigenvalue weighted by Gasteiger charge is 2.24. The minimum Gasteiger partial charge on any atom is -0.379 e. The molecule has 9 heteroatoms. The number of benzene rings is 1. The Bertz CT molecular complexity index is 862. The number of amides is 1. The Labute approximate surface area is 163 Å². The molecule has 3 rings (SSSR count). The molecule has 1 aliphatic heterocycles. The molecule has 1 fully saturated rings. The molecule has 1 aromatic carbocycles. The molecule has 1 saturated heterocycles. The van der Waals surface area contributed by atoms with Gasteiger partial charge < -0.3 is 10.1 Å². The summed E-state index contributed by atoms with van der Waals surface area (Å²) < 4.78 is 30.9. The molecular weight excluding hydrogens is 386 g/mol. The molecule has 7 nitrogen and oxygen atoms in total. The minimum absolute atomic E-state index is 0.0629. The van der Waals surface area contributed by atoms with E-state index in [-0.39, 0.29) is 17.6 Å². The van der Waals surface area contributed by atoms with Crippen molar-refractivity contribution >= 4 is 33.0 Å². The van der Waals surface area contributed by atoms with Gasteiger partial charge in [-0.25, -0.2) is 8.42 Å². The quantitative estimate of drug-likeness (QED) is 0.730. The largest absolute Gasteiger partial charge is 0.379 e. The molecule has 1 aromatic heterocycles. The first kappa shape index (κ1) is 19.8. The van der Waals surface area contributed by atoms with Gasteiger partial charge in [0.1, 0.15) is 0 Å². The molecule has 0 aliphatic carbocycles. The van der Waals surface area contributed by atoms with E-state index in [0.717, 1.165) is 19.3 Å². The van der Waals surface area contributed by atoms with E-state index >= 15 is 0 Å². The molecule has 1 aliphatic rings. The highest BCUT2D eigenvalue weighted by Crippen LogP contribution is 2.26. The van der Waals surface area contributed by atoms with E-state index in [1.54, 1.807) is 35.6 Å². The summed E-state index contributed by atoms with van der Waals surface area (Å²) >= 11 is 1.66. The van der Waals surface area contributed by atoms with Crippen molar-refractivity contribution < 1.29 is 17.9 Å². The fourth-order valence-corrected chi connectivity index (χ4v) is 4.47. The molecule has 146 valence electrons. The number of hydrogen-bond donors (Lipinski definition) is 2. The van der Waals surface area contributed by atoms with Crippen molar-refractivity contribution in [1.29, 1.82) is 0 Å². The molecule has 27 heavy (non-hydrogen) atoms. The minimum atomic E-state index is -3.47. The van der Waals surface area contributed by atoms with Crippen LogP contribution in [-0.2, 0) is 14.8 Å². The number of sulfonamides is 1. The number of anilines is 1. The number of carbonyl (C=O) groups excluding carboxylic acids is 1. The van der Waals surface area contributed by atoms with Gasteiger partial charge in [0.25, 0.3) is 5.91 Å². The smallest absolute Gasteiger partial charge is 0.253 e. The van der Waals surface area contributed by atoms with Crippen LogP contribution in [-0.4, -0.2) is 58.3 Å². The predicted molar refractivity (Wildman–Crippen MR) is 107 cm³/mol. The van der Waals surface area contributed by atoms with Gasteiger partial charge in [-0.1, -0.05) is 18.2 Å². The Morgan fingerprint density at radius 3 is 2.63 bits per heavy atom. The lowest BCUT2D eigenvalue weighted by Crippen LogP contribution is -2.43. The molecule has 0 saturated carbocycles. The second-order valence-electron chi connectivity index (χ2n) is 6.31. The van der Waals surface area contributed by atoms with Gasteiger partial charge in [0, 0.05) is 24.5 Å². The van der Waals surface area contributed by atoms with Crippen LogP contribution >= 0.6 is 11.3 Å². The van der Waals surface area contributed by atoms with Gasteiger partial charge in [-0.05, 0) is 23.6 Å². The van der Waals surface area contributed by atoms with Gasteiger partial charge in [-0.2, -0.15) is 0 Å². The molecule has 0 unspecified atom stereocenters. The molecular formula is C18H23N3O4S2. The van der Waals surface area contributed by atoms with E-state index in [0.29, 0.717) is 25.3 Å². The molecule has 2 aromatic rings. The van der Waals surface area contributed by atoms with E-state index in [1.807, 2.05) is 11.4 Å². The first-order valence-corrected chi connectivity index (χ1v) is 11.4. The predicted octanol–water partition coefficient (Wildman–Crippen LogP) is 1.92. The first-order chi connectivity index (χ1) is 12.9. The lowest BCUT2D eigenvalue weighted by atomic mass is 10.1. The average molecular weight is 410 g/mol. The number of hydrogen-bond acceptors (Lipinski definition) is 6. The normalized spacial score (nSPS) is 16.6. The number of carbonyl (C=O) groups is 1. The van der Waals surface area contributed by atoms with Crippen LogP contribution in [0.5, 0.6) is 0 Å². The summed E-state index contributed by atoms with van der Waals surface area (Å²) in [6.07, 6.45) is 1.06. The zero-order valence-electron chi connectivity index (χ0n) is 15.1. The van der Waals surface area contributed by atoms with Crippen molar-refractivity contribution in [2.45, 2.75) is 6.04 Å². The van der Waals surface area contributed by atoms with Crippen LogP contribution in [0.15, 0.2) is 41.8 Å². The van der Waals surface area contributed by atoms with Gasteiger partial charge in [0.2, 0.25) is 10.0 Å². The van der Waals surface area contributed by atoms with Crippen molar-refractivity contribution in [3.63, 3.8) is 0 Å². The van der Waals surface area contributed by atoms with Crippen LogP contribution in [0, 0.1) is 0 Å². The zero-order valence-corrected chi connectivity index (χ0v) is 16.7. The third-order valence-electron chi connectivity index (χ3n) is 4.28. The van der Waals surface area contributed by atoms with Gasteiger partial charge in [-0.3, -0.25) is 14.4 Å². The SMILES string of the molecule is CS(=O)(=O)Nc1ccccc1C(=O)NC[C@H](c1cccs1)N1CCOCC1. The van der Waals surface area contributed by atoms with E-state index in [1.165, 1.54) is 4.88 Å². The number of nitrogens with one attached hydrogen (secondary N) is 2. The number of para-hydroxylation sites is 1. The summed E-state index contributed by atoms with van der Waals surface area (Å²) in [6.45, 7) is 3.41.